The van der Waals surface area contributed by atoms with Crippen LogP contribution in [0.15, 0.2) is 0 Å². The van der Waals surface area contributed by atoms with Crippen LogP contribution < -0.4 is 5.32 Å². The lowest BCUT2D eigenvalue weighted by Crippen LogP contribution is -2.16. The molecule has 1 aliphatic rings. The Morgan fingerprint density at radius 2 is 2.22 bits per heavy atom. The van der Waals surface area contributed by atoms with Crippen LogP contribution >= 0.6 is 0 Å². The van der Waals surface area contributed by atoms with Crippen LogP contribution in [0.4, 0.5) is 0 Å². The monoisotopic (exact) mass is 252 g/mol. The van der Waals surface area contributed by atoms with Gasteiger partial charge in [-0.2, -0.15) is 0 Å². The van der Waals surface area contributed by atoms with Gasteiger partial charge < -0.3 is 14.6 Å². The molecule has 1 fully saturated rings. The minimum absolute atomic E-state index is 0.720. The number of hydrogen-bond acceptors (Lipinski definition) is 4. The van der Waals surface area contributed by atoms with Crippen LogP contribution in [0, 0.1) is 12.8 Å². The average molecular weight is 252 g/mol. The molecule has 5 heteroatoms. The Morgan fingerprint density at radius 3 is 3.06 bits per heavy atom. The van der Waals surface area contributed by atoms with Crippen molar-refractivity contribution in [2.24, 2.45) is 5.92 Å². The number of ether oxygens (including phenoxy) is 1. The van der Waals surface area contributed by atoms with E-state index in [4.69, 9.17) is 4.74 Å². The summed E-state index contributed by atoms with van der Waals surface area (Å²) in [5.74, 6) is 2.86. The van der Waals surface area contributed by atoms with Gasteiger partial charge in [0.15, 0.2) is 0 Å². The van der Waals surface area contributed by atoms with Crippen molar-refractivity contribution >= 4 is 0 Å². The summed E-state index contributed by atoms with van der Waals surface area (Å²) in [5, 5.41) is 12.0. The predicted octanol–water partition coefficient (Wildman–Crippen LogP) is 1.17. The Hall–Kier alpha value is -0.940. The lowest BCUT2D eigenvalue weighted by molar-refractivity contribution is 0.185. The fourth-order valence-corrected chi connectivity index (χ4v) is 2.60. The Bertz CT molecular complexity index is 356. The van der Waals surface area contributed by atoms with Crippen molar-refractivity contribution in [3.05, 3.63) is 11.6 Å². The first-order chi connectivity index (χ1) is 8.81. The summed E-state index contributed by atoms with van der Waals surface area (Å²) in [6.07, 6.45) is 4.86. The first kappa shape index (κ1) is 13.5. The average Bonchev–Trinajstić information content (AvgIpc) is 2.58. The van der Waals surface area contributed by atoms with Crippen LogP contribution in [-0.2, 0) is 17.7 Å². The molecule has 1 saturated heterocycles. The van der Waals surface area contributed by atoms with E-state index >= 15 is 0 Å². The molecule has 1 unspecified atom stereocenters. The molecule has 0 bridgehead atoms. The molecule has 0 aliphatic carbocycles. The highest BCUT2D eigenvalue weighted by Gasteiger charge is 2.17. The normalized spacial score (nSPS) is 20.9. The zero-order valence-electron chi connectivity index (χ0n) is 11.5. The molecular formula is C13H24N4O. The highest BCUT2D eigenvalue weighted by molar-refractivity contribution is 4.96. The number of rotatable bonds is 5. The minimum atomic E-state index is 0.720. The number of aromatic nitrogens is 3. The maximum atomic E-state index is 5.15. The van der Waals surface area contributed by atoms with E-state index in [2.05, 4.69) is 20.1 Å². The molecule has 5 nitrogen and oxygen atoms in total. The minimum Gasteiger partial charge on any atom is -0.383 e. The number of nitrogens with zero attached hydrogens (tertiary/aromatic N) is 3. The van der Waals surface area contributed by atoms with Crippen LogP contribution in [0.25, 0.3) is 0 Å². The van der Waals surface area contributed by atoms with Crippen molar-refractivity contribution in [1.29, 1.82) is 0 Å². The summed E-state index contributed by atoms with van der Waals surface area (Å²) in [6.45, 7) is 5.89. The lowest BCUT2D eigenvalue weighted by Gasteiger charge is -2.14. The van der Waals surface area contributed by atoms with E-state index in [0.717, 1.165) is 50.2 Å². The number of methoxy groups -OCH3 is 1. The zero-order chi connectivity index (χ0) is 12.8. The lowest BCUT2D eigenvalue weighted by atomic mass is 9.96. The van der Waals surface area contributed by atoms with Gasteiger partial charge in [0.05, 0.1) is 6.61 Å². The predicted molar refractivity (Wildman–Crippen MR) is 70.5 cm³/mol. The topological polar surface area (TPSA) is 52.0 Å². The number of nitrogens with one attached hydrogen (secondary N) is 1. The summed E-state index contributed by atoms with van der Waals surface area (Å²) in [7, 11) is 1.73. The van der Waals surface area contributed by atoms with Crippen LogP contribution in [0.1, 0.15) is 30.9 Å². The third kappa shape index (κ3) is 3.53. The van der Waals surface area contributed by atoms with E-state index in [9.17, 15) is 0 Å². The van der Waals surface area contributed by atoms with Gasteiger partial charge in [-0.1, -0.05) is 0 Å². The summed E-state index contributed by atoms with van der Waals surface area (Å²) in [6, 6.07) is 0. The molecule has 1 N–H and O–H groups in total. The van der Waals surface area contributed by atoms with Crippen molar-refractivity contribution in [3.8, 4) is 0 Å². The molecule has 2 heterocycles. The third-order valence-electron chi connectivity index (χ3n) is 3.70. The Kier molecular flexibility index (Phi) is 5.13. The van der Waals surface area contributed by atoms with Gasteiger partial charge in [0.1, 0.15) is 11.6 Å². The molecule has 0 saturated carbocycles. The van der Waals surface area contributed by atoms with Gasteiger partial charge in [-0.05, 0) is 45.2 Å². The van der Waals surface area contributed by atoms with Gasteiger partial charge in [-0.15, -0.1) is 10.2 Å². The van der Waals surface area contributed by atoms with E-state index in [-0.39, 0.29) is 0 Å². The van der Waals surface area contributed by atoms with Gasteiger partial charge in [-0.3, -0.25) is 0 Å². The summed E-state index contributed by atoms with van der Waals surface area (Å²) >= 11 is 0. The molecule has 0 radical (unpaired) electrons. The quantitative estimate of drug-likeness (QED) is 0.854. The molecule has 0 amide bonds. The summed E-state index contributed by atoms with van der Waals surface area (Å²) in [4.78, 5) is 0. The van der Waals surface area contributed by atoms with E-state index in [1.807, 2.05) is 6.92 Å². The second-order valence-electron chi connectivity index (χ2n) is 5.06. The molecule has 102 valence electrons. The smallest absolute Gasteiger partial charge is 0.133 e. The number of hydrogen-bond donors (Lipinski definition) is 1. The Morgan fingerprint density at radius 1 is 1.33 bits per heavy atom. The molecule has 1 aromatic rings. The van der Waals surface area contributed by atoms with Gasteiger partial charge in [0.2, 0.25) is 0 Å². The zero-order valence-corrected chi connectivity index (χ0v) is 11.5. The SMILES string of the molecule is COCCn1c(C)nnc1CC1CCCNCC1. The molecule has 18 heavy (non-hydrogen) atoms. The van der Waals surface area contributed by atoms with Crippen LogP contribution in [0.2, 0.25) is 0 Å². The molecule has 2 rings (SSSR count). The molecule has 0 spiro atoms. The van der Waals surface area contributed by atoms with Gasteiger partial charge >= 0.3 is 0 Å². The van der Waals surface area contributed by atoms with Crippen LogP contribution in [-0.4, -0.2) is 41.6 Å². The van der Waals surface area contributed by atoms with Crippen molar-refractivity contribution in [2.45, 2.75) is 39.2 Å². The van der Waals surface area contributed by atoms with Gasteiger partial charge in [-0.25, -0.2) is 0 Å². The van der Waals surface area contributed by atoms with Crippen molar-refractivity contribution < 1.29 is 4.74 Å². The first-order valence-electron chi connectivity index (χ1n) is 6.89. The van der Waals surface area contributed by atoms with Gasteiger partial charge in [0.25, 0.3) is 0 Å². The van der Waals surface area contributed by atoms with Crippen molar-refractivity contribution in [1.82, 2.24) is 20.1 Å². The fourth-order valence-electron chi connectivity index (χ4n) is 2.60. The largest absolute Gasteiger partial charge is 0.383 e. The maximum Gasteiger partial charge on any atom is 0.133 e. The highest BCUT2D eigenvalue weighted by atomic mass is 16.5. The Balaban J connectivity index is 1.98. The van der Waals surface area contributed by atoms with Crippen LogP contribution in [0.3, 0.4) is 0 Å². The molecule has 1 atom stereocenters. The Labute approximate surface area is 109 Å². The van der Waals surface area contributed by atoms with Gasteiger partial charge in [0, 0.05) is 20.1 Å². The second kappa shape index (κ2) is 6.85. The molecule has 1 aliphatic heterocycles. The van der Waals surface area contributed by atoms with Crippen LogP contribution in [0.5, 0.6) is 0 Å². The van der Waals surface area contributed by atoms with E-state index in [0.29, 0.717) is 0 Å². The molecule has 0 aromatic carbocycles. The third-order valence-corrected chi connectivity index (χ3v) is 3.70. The number of aryl methyl sites for hydroxylation is 1. The summed E-state index contributed by atoms with van der Waals surface area (Å²) in [5.41, 5.74) is 0. The van der Waals surface area contributed by atoms with E-state index in [1.165, 1.54) is 19.3 Å². The van der Waals surface area contributed by atoms with E-state index in [1.54, 1.807) is 7.11 Å². The second-order valence-corrected chi connectivity index (χ2v) is 5.06. The van der Waals surface area contributed by atoms with Crippen molar-refractivity contribution in [2.75, 3.05) is 26.8 Å². The van der Waals surface area contributed by atoms with Crippen molar-refractivity contribution in [3.63, 3.8) is 0 Å². The fraction of sp³-hybridized carbons (Fsp3) is 0.846. The summed E-state index contributed by atoms with van der Waals surface area (Å²) < 4.78 is 7.34. The van der Waals surface area contributed by atoms with E-state index < -0.39 is 0 Å². The first-order valence-corrected chi connectivity index (χ1v) is 6.89. The standard InChI is InChI=1S/C13H24N4O/c1-11-15-16-13(17(11)8-9-18-2)10-12-4-3-6-14-7-5-12/h12,14H,3-10H2,1-2H3. The molecular weight excluding hydrogens is 228 g/mol. The maximum absolute atomic E-state index is 5.15. The highest BCUT2D eigenvalue weighted by Crippen LogP contribution is 2.18. The molecule has 1 aromatic heterocycles.